The van der Waals surface area contributed by atoms with Crippen molar-refractivity contribution in [3.8, 4) is 0 Å². The standard InChI is InChI=1S/C12H11F3O/c1-8(9(2)16)6-10-4-3-5-11(7-10)12(13,14)15/h3-7H,1-2H3/b8-6+. The van der Waals surface area contributed by atoms with Crippen LogP contribution in [-0.4, -0.2) is 5.78 Å². The number of carbonyl (C=O) groups is 1. The minimum absolute atomic E-state index is 0.155. The van der Waals surface area contributed by atoms with E-state index < -0.39 is 11.7 Å². The van der Waals surface area contributed by atoms with E-state index >= 15 is 0 Å². The molecule has 1 aromatic rings. The fraction of sp³-hybridized carbons (Fsp3) is 0.250. The van der Waals surface area contributed by atoms with Gasteiger partial charge >= 0.3 is 6.18 Å². The van der Waals surface area contributed by atoms with Gasteiger partial charge in [0.2, 0.25) is 0 Å². The van der Waals surface area contributed by atoms with Gasteiger partial charge in [-0.3, -0.25) is 4.79 Å². The highest BCUT2D eigenvalue weighted by atomic mass is 19.4. The second-order valence-electron chi connectivity index (χ2n) is 3.51. The predicted molar refractivity (Wildman–Crippen MR) is 55.8 cm³/mol. The van der Waals surface area contributed by atoms with Crippen molar-refractivity contribution in [3.05, 3.63) is 41.0 Å². The molecule has 0 aliphatic carbocycles. The number of carbonyl (C=O) groups excluding carboxylic acids is 1. The molecule has 4 heteroatoms. The lowest BCUT2D eigenvalue weighted by atomic mass is 10.1. The van der Waals surface area contributed by atoms with Crippen LogP contribution in [0.3, 0.4) is 0 Å². The Kier molecular flexibility index (Phi) is 3.52. The molecule has 0 fully saturated rings. The second kappa shape index (κ2) is 4.51. The van der Waals surface area contributed by atoms with Crippen LogP contribution in [0.25, 0.3) is 6.08 Å². The Morgan fingerprint density at radius 3 is 2.38 bits per heavy atom. The summed E-state index contributed by atoms with van der Waals surface area (Å²) in [5.74, 6) is -0.155. The second-order valence-corrected chi connectivity index (χ2v) is 3.51. The Balaban J connectivity index is 3.09. The Bertz CT molecular complexity index is 430. The number of rotatable bonds is 2. The quantitative estimate of drug-likeness (QED) is 0.705. The molecule has 0 aliphatic heterocycles. The van der Waals surface area contributed by atoms with E-state index in [0.29, 0.717) is 11.1 Å². The molecule has 0 radical (unpaired) electrons. The molecule has 0 bridgehead atoms. The van der Waals surface area contributed by atoms with E-state index in [9.17, 15) is 18.0 Å². The molecule has 0 N–H and O–H groups in total. The van der Waals surface area contributed by atoms with Crippen LogP contribution in [0.1, 0.15) is 25.0 Å². The van der Waals surface area contributed by atoms with E-state index in [4.69, 9.17) is 0 Å². The molecule has 0 saturated heterocycles. The molecule has 0 spiro atoms. The van der Waals surface area contributed by atoms with E-state index in [1.54, 1.807) is 6.92 Å². The van der Waals surface area contributed by atoms with Crippen LogP contribution in [0.2, 0.25) is 0 Å². The molecule has 0 amide bonds. The number of hydrogen-bond acceptors (Lipinski definition) is 1. The van der Waals surface area contributed by atoms with Gasteiger partial charge in [-0.2, -0.15) is 13.2 Å². The van der Waals surface area contributed by atoms with Gasteiger partial charge in [0.25, 0.3) is 0 Å². The van der Waals surface area contributed by atoms with E-state index in [-0.39, 0.29) is 5.78 Å². The summed E-state index contributed by atoms with van der Waals surface area (Å²) in [5.41, 5.74) is 0.0967. The van der Waals surface area contributed by atoms with Gasteiger partial charge in [-0.15, -0.1) is 0 Å². The highest BCUT2D eigenvalue weighted by Crippen LogP contribution is 2.29. The third-order valence-electron chi connectivity index (χ3n) is 2.15. The van der Waals surface area contributed by atoms with Crippen molar-refractivity contribution in [2.75, 3.05) is 0 Å². The third kappa shape index (κ3) is 3.22. The molecule has 0 aromatic heterocycles. The average molecular weight is 228 g/mol. The molecule has 16 heavy (non-hydrogen) atoms. The maximum atomic E-state index is 12.4. The number of ketones is 1. The number of alkyl halides is 3. The lowest BCUT2D eigenvalue weighted by Gasteiger charge is -2.07. The summed E-state index contributed by atoms with van der Waals surface area (Å²) in [6.45, 7) is 2.95. The van der Waals surface area contributed by atoms with Crippen LogP contribution in [0.15, 0.2) is 29.8 Å². The fourth-order valence-corrected chi connectivity index (χ4v) is 1.16. The Morgan fingerprint density at radius 1 is 1.25 bits per heavy atom. The molecule has 86 valence electrons. The molecule has 1 rings (SSSR count). The molecule has 0 unspecified atom stereocenters. The zero-order chi connectivity index (χ0) is 12.3. The zero-order valence-electron chi connectivity index (χ0n) is 8.93. The normalized spacial score (nSPS) is 12.7. The van der Waals surface area contributed by atoms with Crippen LogP contribution in [0.5, 0.6) is 0 Å². The molecule has 1 nitrogen and oxygen atoms in total. The summed E-state index contributed by atoms with van der Waals surface area (Å²) in [6, 6.07) is 4.87. The molecule has 1 aromatic carbocycles. The summed E-state index contributed by atoms with van der Waals surface area (Å²) in [5, 5.41) is 0. The van der Waals surface area contributed by atoms with E-state index in [0.717, 1.165) is 12.1 Å². The van der Waals surface area contributed by atoms with E-state index in [1.165, 1.54) is 25.1 Å². The van der Waals surface area contributed by atoms with Crippen molar-refractivity contribution in [3.63, 3.8) is 0 Å². The first kappa shape index (κ1) is 12.5. The largest absolute Gasteiger partial charge is 0.416 e. The first-order valence-electron chi connectivity index (χ1n) is 4.67. The van der Waals surface area contributed by atoms with E-state index in [2.05, 4.69) is 0 Å². The Morgan fingerprint density at radius 2 is 1.88 bits per heavy atom. The van der Waals surface area contributed by atoms with Gasteiger partial charge in [-0.1, -0.05) is 12.1 Å². The van der Waals surface area contributed by atoms with Crippen LogP contribution in [-0.2, 0) is 11.0 Å². The maximum Gasteiger partial charge on any atom is 0.416 e. The first-order valence-corrected chi connectivity index (χ1v) is 4.67. The van der Waals surface area contributed by atoms with Gasteiger partial charge in [0, 0.05) is 0 Å². The van der Waals surface area contributed by atoms with Gasteiger partial charge in [-0.05, 0) is 43.2 Å². The van der Waals surface area contributed by atoms with Crippen LogP contribution in [0.4, 0.5) is 13.2 Å². The summed E-state index contributed by atoms with van der Waals surface area (Å²) in [7, 11) is 0. The zero-order valence-corrected chi connectivity index (χ0v) is 8.93. The third-order valence-corrected chi connectivity index (χ3v) is 2.15. The molecular weight excluding hydrogens is 217 g/mol. The highest BCUT2D eigenvalue weighted by Gasteiger charge is 2.30. The van der Waals surface area contributed by atoms with Gasteiger partial charge < -0.3 is 0 Å². The summed E-state index contributed by atoms with van der Waals surface area (Å²) < 4.78 is 37.1. The van der Waals surface area contributed by atoms with Gasteiger partial charge in [0.05, 0.1) is 5.56 Å². The Hall–Kier alpha value is -1.58. The minimum atomic E-state index is -4.35. The molecule has 0 aliphatic rings. The summed E-state index contributed by atoms with van der Waals surface area (Å²) in [4.78, 5) is 10.9. The van der Waals surface area contributed by atoms with Crippen LogP contribution >= 0.6 is 0 Å². The number of benzene rings is 1. The fourth-order valence-electron chi connectivity index (χ4n) is 1.16. The lowest BCUT2D eigenvalue weighted by Crippen LogP contribution is -2.04. The van der Waals surface area contributed by atoms with Gasteiger partial charge in [-0.25, -0.2) is 0 Å². The first-order chi connectivity index (χ1) is 7.30. The average Bonchev–Trinajstić information content (AvgIpc) is 2.16. The van der Waals surface area contributed by atoms with Crippen LogP contribution in [0, 0.1) is 0 Å². The lowest BCUT2D eigenvalue weighted by molar-refractivity contribution is -0.137. The molecule has 0 heterocycles. The summed E-state index contributed by atoms with van der Waals surface area (Å²) >= 11 is 0. The molecule has 0 saturated carbocycles. The molecule has 0 atom stereocenters. The van der Waals surface area contributed by atoms with Gasteiger partial charge in [0.15, 0.2) is 5.78 Å². The monoisotopic (exact) mass is 228 g/mol. The minimum Gasteiger partial charge on any atom is -0.295 e. The maximum absolute atomic E-state index is 12.4. The number of hydrogen-bond donors (Lipinski definition) is 0. The van der Waals surface area contributed by atoms with Crippen LogP contribution < -0.4 is 0 Å². The van der Waals surface area contributed by atoms with Gasteiger partial charge in [0.1, 0.15) is 0 Å². The topological polar surface area (TPSA) is 17.1 Å². The van der Waals surface area contributed by atoms with Crippen molar-refractivity contribution in [2.24, 2.45) is 0 Å². The van der Waals surface area contributed by atoms with Crippen molar-refractivity contribution < 1.29 is 18.0 Å². The molecular formula is C12H11F3O. The SMILES string of the molecule is CC(=O)/C(C)=C/c1cccc(C(F)(F)F)c1. The number of halogens is 3. The van der Waals surface area contributed by atoms with Crippen molar-refractivity contribution in [1.29, 1.82) is 0 Å². The Labute approximate surface area is 91.6 Å². The number of Topliss-reactive ketones (excluding diaryl/α,β-unsaturated/α-hetero) is 1. The highest BCUT2D eigenvalue weighted by molar-refractivity contribution is 5.97. The number of allylic oxidation sites excluding steroid dienone is 1. The smallest absolute Gasteiger partial charge is 0.295 e. The van der Waals surface area contributed by atoms with Crippen molar-refractivity contribution in [2.45, 2.75) is 20.0 Å². The summed E-state index contributed by atoms with van der Waals surface area (Å²) in [6.07, 6.45) is -2.91. The van der Waals surface area contributed by atoms with E-state index in [1.807, 2.05) is 0 Å². The van der Waals surface area contributed by atoms with Crippen molar-refractivity contribution in [1.82, 2.24) is 0 Å². The van der Waals surface area contributed by atoms with Crippen molar-refractivity contribution >= 4 is 11.9 Å². The predicted octanol–water partition coefficient (Wildman–Crippen LogP) is 3.70.